The Morgan fingerprint density at radius 2 is 2.12 bits per heavy atom. The van der Waals surface area contributed by atoms with Crippen LogP contribution in [0.5, 0.6) is 0 Å². The Morgan fingerprint density at radius 1 is 1.41 bits per heavy atom. The van der Waals surface area contributed by atoms with Crippen LogP contribution in [-0.4, -0.2) is 40.9 Å². The minimum absolute atomic E-state index is 0.147. The summed E-state index contributed by atoms with van der Waals surface area (Å²) in [7, 11) is -2.92. The first-order chi connectivity index (χ1) is 7.98. The monoisotopic (exact) mass is 278 g/mol. The highest BCUT2D eigenvalue weighted by Crippen LogP contribution is 2.17. The van der Waals surface area contributed by atoms with Crippen molar-refractivity contribution in [2.75, 3.05) is 17.8 Å². The standard InChI is InChI=1S/C9H18N4O2S2/c1-3-4-13-8(7-10)11-12-9(13)16-5-6-17(2,14)15/h3-7,10H2,1-2H3. The third-order valence-electron chi connectivity index (χ3n) is 2.11. The molecule has 0 saturated carbocycles. The molecule has 0 amide bonds. The molecule has 98 valence electrons. The summed E-state index contributed by atoms with van der Waals surface area (Å²) in [6.07, 6.45) is 2.19. The molecule has 1 aromatic heterocycles. The average molecular weight is 278 g/mol. The molecule has 6 nitrogen and oxygen atoms in total. The molecule has 2 N–H and O–H groups in total. The van der Waals surface area contributed by atoms with Gasteiger partial charge in [0.15, 0.2) is 5.16 Å². The number of aromatic nitrogens is 3. The molecule has 0 aromatic carbocycles. The quantitative estimate of drug-likeness (QED) is 0.721. The van der Waals surface area contributed by atoms with E-state index in [1.54, 1.807) is 0 Å². The van der Waals surface area contributed by atoms with E-state index < -0.39 is 9.84 Å². The van der Waals surface area contributed by atoms with E-state index in [0.717, 1.165) is 23.9 Å². The summed E-state index contributed by atoms with van der Waals surface area (Å²) in [5.74, 6) is 1.38. The van der Waals surface area contributed by atoms with E-state index in [0.29, 0.717) is 12.3 Å². The normalized spacial score (nSPS) is 11.9. The Hall–Kier alpha value is -0.600. The maximum atomic E-state index is 11.0. The van der Waals surface area contributed by atoms with Crippen LogP contribution >= 0.6 is 11.8 Å². The molecule has 1 rings (SSSR count). The molecule has 1 heterocycles. The lowest BCUT2D eigenvalue weighted by Crippen LogP contribution is -2.10. The van der Waals surface area contributed by atoms with Crippen LogP contribution < -0.4 is 5.73 Å². The van der Waals surface area contributed by atoms with Gasteiger partial charge in [0.1, 0.15) is 15.7 Å². The van der Waals surface area contributed by atoms with Crippen LogP contribution in [0.3, 0.4) is 0 Å². The SMILES string of the molecule is CCCn1c(CN)nnc1SCCS(C)(=O)=O. The van der Waals surface area contributed by atoms with Crippen molar-refractivity contribution in [3.05, 3.63) is 5.82 Å². The first-order valence-corrected chi connectivity index (χ1v) is 8.45. The van der Waals surface area contributed by atoms with Gasteiger partial charge in [0.05, 0.1) is 12.3 Å². The van der Waals surface area contributed by atoms with Gasteiger partial charge in [-0.25, -0.2) is 8.42 Å². The van der Waals surface area contributed by atoms with E-state index in [1.165, 1.54) is 18.0 Å². The zero-order valence-electron chi connectivity index (χ0n) is 10.1. The topological polar surface area (TPSA) is 90.9 Å². The van der Waals surface area contributed by atoms with Gasteiger partial charge in [0.25, 0.3) is 0 Å². The fourth-order valence-corrected chi connectivity index (χ4v) is 3.49. The molecule has 0 fully saturated rings. The van der Waals surface area contributed by atoms with Crippen molar-refractivity contribution in [1.82, 2.24) is 14.8 Å². The first kappa shape index (κ1) is 14.5. The molecular weight excluding hydrogens is 260 g/mol. The lowest BCUT2D eigenvalue weighted by Gasteiger charge is -2.06. The maximum absolute atomic E-state index is 11.0. The van der Waals surface area contributed by atoms with Gasteiger partial charge in [0.2, 0.25) is 0 Å². The summed E-state index contributed by atoms with van der Waals surface area (Å²) in [6, 6.07) is 0. The van der Waals surface area contributed by atoms with Crippen LogP contribution in [0.25, 0.3) is 0 Å². The van der Waals surface area contributed by atoms with Crippen LogP contribution in [-0.2, 0) is 22.9 Å². The van der Waals surface area contributed by atoms with E-state index in [4.69, 9.17) is 5.73 Å². The Labute approximate surface area is 106 Å². The molecule has 0 saturated heterocycles. The molecule has 0 radical (unpaired) electrons. The summed E-state index contributed by atoms with van der Waals surface area (Å²) in [5, 5.41) is 8.76. The maximum Gasteiger partial charge on any atom is 0.191 e. The molecule has 17 heavy (non-hydrogen) atoms. The summed E-state index contributed by atoms with van der Waals surface area (Å²) in [5.41, 5.74) is 5.56. The van der Waals surface area contributed by atoms with E-state index >= 15 is 0 Å². The van der Waals surface area contributed by atoms with E-state index in [-0.39, 0.29) is 5.75 Å². The smallest absolute Gasteiger partial charge is 0.191 e. The van der Waals surface area contributed by atoms with Crippen LogP contribution in [0.1, 0.15) is 19.2 Å². The van der Waals surface area contributed by atoms with Crippen molar-refractivity contribution >= 4 is 21.6 Å². The molecule has 0 aliphatic rings. The molecular formula is C9H18N4O2S2. The predicted molar refractivity (Wildman–Crippen MR) is 68.6 cm³/mol. The second-order valence-corrected chi connectivity index (χ2v) is 7.05. The van der Waals surface area contributed by atoms with Crippen LogP contribution in [0.2, 0.25) is 0 Å². The number of hydrogen-bond acceptors (Lipinski definition) is 6. The summed E-state index contributed by atoms with van der Waals surface area (Å²) in [6.45, 7) is 3.21. The van der Waals surface area contributed by atoms with Gasteiger partial charge in [0, 0.05) is 18.6 Å². The summed E-state index contributed by atoms with van der Waals surface area (Å²) in [4.78, 5) is 0. The minimum Gasteiger partial charge on any atom is -0.324 e. The van der Waals surface area contributed by atoms with Crippen molar-refractivity contribution in [3.8, 4) is 0 Å². The number of rotatable bonds is 7. The Morgan fingerprint density at radius 3 is 2.65 bits per heavy atom. The molecule has 8 heteroatoms. The van der Waals surface area contributed by atoms with Gasteiger partial charge in [-0.05, 0) is 6.42 Å². The van der Waals surface area contributed by atoms with Crippen molar-refractivity contribution < 1.29 is 8.42 Å². The molecule has 0 unspecified atom stereocenters. The average Bonchev–Trinajstić information content (AvgIpc) is 2.60. The number of nitrogens with zero attached hydrogens (tertiary/aromatic N) is 3. The van der Waals surface area contributed by atoms with Gasteiger partial charge < -0.3 is 10.3 Å². The third-order valence-corrected chi connectivity index (χ3v) is 4.28. The minimum atomic E-state index is -2.92. The lowest BCUT2D eigenvalue weighted by molar-refractivity contribution is 0.592. The molecule has 0 bridgehead atoms. The zero-order chi connectivity index (χ0) is 12.9. The molecule has 0 aliphatic heterocycles. The Balaban J connectivity index is 2.67. The Bertz CT molecular complexity index is 456. The highest BCUT2D eigenvalue weighted by molar-refractivity contribution is 8.00. The third kappa shape index (κ3) is 4.64. The van der Waals surface area contributed by atoms with Gasteiger partial charge in [-0.15, -0.1) is 10.2 Å². The molecule has 0 aliphatic carbocycles. The van der Waals surface area contributed by atoms with E-state index in [2.05, 4.69) is 17.1 Å². The zero-order valence-corrected chi connectivity index (χ0v) is 11.7. The number of nitrogens with two attached hydrogens (primary N) is 1. The summed E-state index contributed by atoms with van der Waals surface area (Å²) < 4.78 is 24.0. The lowest BCUT2D eigenvalue weighted by atomic mass is 10.4. The van der Waals surface area contributed by atoms with Crippen molar-refractivity contribution in [2.24, 2.45) is 5.73 Å². The van der Waals surface area contributed by atoms with Crippen LogP contribution in [0.4, 0.5) is 0 Å². The molecule has 1 aromatic rings. The fraction of sp³-hybridized carbons (Fsp3) is 0.778. The van der Waals surface area contributed by atoms with E-state index in [9.17, 15) is 8.42 Å². The van der Waals surface area contributed by atoms with E-state index in [1.807, 2.05) is 4.57 Å². The highest BCUT2D eigenvalue weighted by Gasteiger charge is 2.11. The second kappa shape index (κ2) is 6.36. The van der Waals surface area contributed by atoms with Gasteiger partial charge >= 0.3 is 0 Å². The van der Waals surface area contributed by atoms with Crippen molar-refractivity contribution in [3.63, 3.8) is 0 Å². The van der Waals surface area contributed by atoms with Gasteiger partial charge in [-0.3, -0.25) is 0 Å². The molecule has 0 atom stereocenters. The number of sulfone groups is 1. The first-order valence-electron chi connectivity index (χ1n) is 5.40. The van der Waals surface area contributed by atoms with Gasteiger partial charge in [-0.1, -0.05) is 18.7 Å². The number of hydrogen-bond donors (Lipinski definition) is 1. The predicted octanol–water partition coefficient (Wildman–Crippen LogP) is 0.284. The van der Waals surface area contributed by atoms with Crippen molar-refractivity contribution in [1.29, 1.82) is 0 Å². The fourth-order valence-electron chi connectivity index (χ4n) is 1.31. The van der Waals surface area contributed by atoms with Crippen LogP contribution in [0.15, 0.2) is 5.16 Å². The second-order valence-electron chi connectivity index (χ2n) is 3.73. The Kier molecular flexibility index (Phi) is 5.41. The van der Waals surface area contributed by atoms with Crippen LogP contribution in [0, 0.1) is 0 Å². The molecule has 0 spiro atoms. The summed E-state index contributed by atoms with van der Waals surface area (Å²) >= 11 is 1.40. The largest absolute Gasteiger partial charge is 0.324 e. The highest BCUT2D eigenvalue weighted by atomic mass is 32.2. The van der Waals surface area contributed by atoms with Crippen molar-refractivity contribution in [2.45, 2.75) is 31.6 Å². The van der Waals surface area contributed by atoms with Gasteiger partial charge in [-0.2, -0.15) is 0 Å². The number of thioether (sulfide) groups is 1.